The number of rotatable bonds is 6. The fourth-order valence-electron chi connectivity index (χ4n) is 2.85. The van der Waals surface area contributed by atoms with Gasteiger partial charge in [-0.2, -0.15) is 0 Å². The number of ether oxygens (including phenoxy) is 1. The van der Waals surface area contributed by atoms with Gasteiger partial charge >= 0.3 is 5.97 Å². The van der Waals surface area contributed by atoms with Crippen LogP contribution in [0.3, 0.4) is 0 Å². The Balaban J connectivity index is 2.33. The van der Waals surface area contributed by atoms with Crippen molar-refractivity contribution in [2.75, 3.05) is 7.11 Å². The summed E-state index contributed by atoms with van der Waals surface area (Å²) in [5, 5.41) is 2.53. The first-order chi connectivity index (χ1) is 11.8. The number of benzene rings is 1. The molecule has 0 aromatic heterocycles. The molecule has 0 bridgehead atoms. The molecule has 1 N–H and O–H groups in total. The number of nitrogens with zero attached hydrogens (tertiary/aromatic N) is 1. The van der Waals surface area contributed by atoms with Crippen molar-refractivity contribution in [2.45, 2.75) is 39.3 Å². The average Bonchev–Trinajstić information content (AvgIpc) is 2.86. The lowest BCUT2D eigenvalue weighted by Gasteiger charge is -2.30. The maximum Gasteiger partial charge on any atom is 0.328 e. The van der Waals surface area contributed by atoms with E-state index in [1.807, 2.05) is 6.92 Å². The number of fused-ring (bicyclic) bond motifs is 1. The highest BCUT2D eigenvalue weighted by Gasteiger charge is 2.44. The number of methoxy groups -OCH3 is 1. The molecule has 3 unspecified atom stereocenters. The minimum atomic E-state index is -0.996. The third-order valence-corrected chi connectivity index (χ3v) is 4.47. The predicted molar refractivity (Wildman–Crippen MR) is 89.8 cm³/mol. The molecule has 0 saturated heterocycles. The number of nitrogens with one attached hydrogen (secondary N) is 1. The van der Waals surface area contributed by atoms with E-state index in [0.29, 0.717) is 6.42 Å². The second-order valence-electron chi connectivity index (χ2n) is 6.11. The first-order valence-electron chi connectivity index (χ1n) is 8.18. The van der Waals surface area contributed by atoms with Crippen LogP contribution in [0.25, 0.3) is 0 Å². The van der Waals surface area contributed by atoms with E-state index in [0.717, 1.165) is 4.90 Å². The maximum atomic E-state index is 12.7. The lowest BCUT2D eigenvalue weighted by molar-refractivity contribution is -0.145. The molecule has 0 radical (unpaired) electrons. The summed E-state index contributed by atoms with van der Waals surface area (Å²) in [7, 11) is 1.22. The van der Waals surface area contributed by atoms with Crippen LogP contribution in [0.2, 0.25) is 0 Å². The highest BCUT2D eigenvalue weighted by Crippen LogP contribution is 2.28. The fraction of sp³-hybridized carbons (Fsp3) is 0.444. The number of carbonyl (C=O) groups excluding carboxylic acids is 4. The van der Waals surface area contributed by atoms with Crippen molar-refractivity contribution < 1.29 is 23.9 Å². The molecule has 1 aromatic carbocycles. The third-order valence-electron chi connectivity index (χ3n) is 4.47. The molecule has 0 saturated carbocycles. The van der Waals surface area contributed by atoms with Gasteiger partial charge in [-0.15, -0.1) is 0 Å². The zero-order valence-electron chi connectivity index (χ0n) is 14.7. The largest absolute Gasteiger partial charge is 0.467 e. The van der Waals surface area contributed by atoms with E-state index < -0.39 is 35.8 Å². The van der Waals surface area contributed by atoms with Crippen LogP contribution in [0.4, 0.5) is 0 Å². The summed E-state index contributed by atoms with van der Waals surface area (Å²) in [5.41, 5.74) is 0.573. The number of hydrogen-bond donors (Lipinski definition) is 1. The molecule has 3 amide bonds. The lowest BCUT2D eigenvalue weighted by Crippen LogP contribution is -2.55. The zero-order chi connectivity index (χ0) is 18.7. The summed E-state index contributed by atoms with van der Waals surface area (Å²) < 4.78 is 4.60. The molecule has 134 valence electrons. The van der Waals surface area contributed by atoms with Crippen LogP contribution < -0.4 is 5.32 Å². The van der Waals surface area contributed by atoms with Crippen molar-refractivity contribution in [3.8, 4) is 0 Å². The molecule has 25 heavy (non-hydrogen) atoms. The zero-order valence-corrected chi connectivity index (χ0v) is 14.7. The van der Waals surface area contributed by atoms with Gasteiger partial charge in [0.2, 0.25) is 5.91 Å². The summed E-state index contributed by atoms with van der Waals surface area (Å²) in [5.74, 6) is -2.41. The first-order valence-corrected chi connectivity index (χ1v) is 8.18. The molecule has 1 heterocycles. The highest BCUT2D eigenvalue weighted by atomic mass is 16.5. The van der Waals surface area contributed by atoms with Crippen LogP contribution in [0.15, 0.2) is 24.3 Å². The molecule has 7 heteroatoms. The number of hydrogen-bond acceptors (Lipinski definition) is 5. The summed E-state index contributed by atoms with van der Waals surface area (Å²) in [4.78, 5) is 50.7. The van der Waals surface area contributed by atoms with Crippen LogP contribution in [-0.4, -0.2) is 47.8 Å². The van der Waals surface area contributed by atoms with E-state index in [-0.39, 0.29) is 17.0 Å². The van der Waals surface area contributed by atoms with Crippen molar-refractivity contribution in [3.05, 3.63) is 35.4 Å². The van der Waals surface area contributed by atoms with E-state index in [1.165, 1.54) is 14.0 Å². The molecule has 3 atom stereocenters. The highest BCUT2D eigenvalue weighted by molar-refractivity contribution is 6.22. The summed E-state index contributed by atoms with van der Waals surface area (Å²) >= 11 is 0. The van der Waals surface area contributed by atoms with Crippen LogP contribution in [-0.2, 0) is 14.3 Å². The van der Waals surface area contributed by atoms with E-state index in [9.17, 15) is 19.2 Å². The van der Waals surface area contributed by atoms with Crippen LogP contribution >= 0.6 is 0 Å². The van der Waals surface area contributed by atoms with Crippen LogP contribution in [0.5, 0.6) is 0 Å². The Labute approximate surface area is 146 Å². The van der Waals surface area contributed by atoms with E-state index >= 15 is 0 Å². The molecular formula is C18H22N2O5. The van der Waals surface area contributed by atoms with Gasteiger partial charge in [0.25, 0.3) is 11.8 Å². The van der Waals surface area contributed by atoms with Gasteiger partial charge in [0, 0.05) is 0 Å². The molecule has 0 spiro atoms. The Hall–Kier alpha value is -2.70. The molecule has 1 aromatic rings. The summed E-state index contributed by atoms with van der Waals surface area (Å²) in [6.45, 7) is 5.14. The standard InChI is InChI=1S/C18H22N2O5/c1-5-10(2)14(15(21)19-11(3)18(24)25-4)20-16(22)12-8-6-7-9-13(12)17(20)23/h6-11,14H,5H2,1-4H3,(H,19,21). The quantitative estimate of drug-likeness (QED) is 0.620. The van der Waals surface area contributed by atoms with Gasteiger partial charge in [-0.3, -0.25) is 19.3 Å². The molecule has 0 fully saturated rings. The molecule has 1 aliphatic rings. The predicted octanol–water partition coefficient (Wildman–Crippen LogP) is 1.37. The van der Waals surface area contributed by atoms with E-state index in [4.69, 9.17) is 0 Å². The molecular weight excluding hydrogens is 324 g/mol. The lowest BCUT2D eigenvalue weighted by atomic mass is 9.96. The minimum absolute atomic E-state index is 0.271. The first kappa shape index (κ1) is 18.6. The Morgan fingerprint density at radius 3 is 2.08 bits per heavy atom. The minimum Gasteiger partial charge on any atom is -0.467 e. The maximum absolute atomic E-state index is 12.7. The van der Waals surface area contributed by atoms with Crippen molar-refractivity contribution in [3.63, 3.8) is 0 Å². The molecule has 1 aliphatic heterocycles. The van der Waals surface area contributed by atoms with Crippen molar-refractivity contribution >= 4 is 23.7 Å². The van der Waals surface area contributed by atoms with E-state index in [1.54, 1.807) is 31.2 Å². The normalized spacial score (nSPS) is 16.9. The number of esters is 1. The Morgan fingerprint density at radius 2 is 1.64 bits per heavy atom. The molecule has 0 aliphatic carbocycles. The van der Waals surface area contributed by atoms with Crippen molar-refractivity contribution in [2.24, 2.45) is 5.92 Å². The number of imide groups is 1. The SMILES string of the molecule is CCC(C)C(C(=O)NC(C)C(=O)OC)N1C(=O)c2ccccc2C1=O. The van der Waals surface area contributed by atoms with E-state index in [2.05, 4.69) is 10.1 Å². The van der Waals surface area contributed by atoms with Gasteiger partial charge in [0.1, 0.15) is 12.1 Å². The Morgan fingerprint density at radius 1 is 1.12 bits per heavy atom. The van der Waals surface area contributed by atoms with Gasteiger partial charge < -0.3 is 10.1 Å². The van der Waals surface area contributed by atoms with Gasteiger partial charge in [0.15, 0.2) is 0 Å². The summed E-state index contributed by atoms with van der Waals surface area (Å²) in [6.07, 6.45) is 0.581. The van der Waals surface area contributed by atoms with Crippen molar-refractivity contribution in [1.82, 2.24) is 10.2 Å². The topological polar surface area (TPSA) is 92.8 Å². The van der Waals surface area contributed by atoms with Crippen LogP contribution in [0.1, 0.15) is 47.9 Å². The van der Waals surface area contributed by atoms with Gasteiger partial charge in [-0.1, -0.05) is 32.4 Å². The number of carbonyl (C=O) groups is 4. The Kier molecular flexibility index (Phi) is 5.56. The van der Waals surface area contributed by atoms with Gasteiger partial charge in [-0.05, 0) is 25.0 Å². The Bertz CT molecular complexity index is 680. The van der Waals surface area contributed by atoms with Gasteiger partial charge in [-0.25, -0.2) is 4.79 Å². The number of amides is 3. The van der Waals surface area contributed by atoms with Crippen LogP contribution in [0, 0.1) is 5.92 Å². The smallest absolute Gasteiger partial charge is 0.328 e. The second kappa shape index (κ2) is 7.46. The molecule has 7 nitrogen and oxygen atoms in total. The second-order valence-corrected chi connectivity index (χ2v) is 6.11. The monoisotopic (exact) mass is 346 g/mol. The van der Waals surface area contributed by atoms with Crippen molar-refractivity contribution in [1.29, 1.82) is 0 Å². The molecule has 2 rings (SSSR count). The fourth-order valence-corrected chi connectivity index (χ4v) is 2.85. The average molecular weight is 346 g/mol. The van der Waals surface area contributed by atoms with Gasteiger partial charge in [0.05, 0.1) is 18.2 Å². The third kappa shape index (κ3) is 3.40. The summed E-state index contributed by atoms with van der Waals surface area (Å²) in [6, 6.07) is 4.61.